The quantitative estimate of drug-likeness (QED) is 0.680. The van der Waals surface area contributed by atoms with Crippen LogP contribution in [0.5, 0.6) is 5.75 Å². The van der Waals surface area contributed by atoms with Crippen LogP contribution in [-0.2, 0) is 14.8 Å². The van der Waals surface area contributed by atoms with Gasteiger partial charge in [0.1, 0.15) is 10.8 Å². The van der Waals surface area contributed by atoms with Crippen molar-refractivity contribution in [3.8, 4) is 27.6 Å². The molecular formula is C19H17N3O4S2. The molecule has 9 heteroatoms. The Hall–Kier alpha value is -2.91. The van der Waals surface area contributed by atoms with Gasteiger partial charge in [-0.15, -0.1) is 11.3 Å². The zero-order valence-corrected chi connectivity index (χ0v) is 16.8. The fraction of sp³-hybridized carbons (Fsp3) is 0.158. The van der Waals surface area contributed by atoms with Gasteiger partial charge in [-0.1, -0.05) is 12.1 Å². The summed E-state index contributed by atoms with van der Waals surface area (Å²) in [5, 5.41) is 5.52. The van der Waals surface area contributed by atoms with E-state index in [1.54, 1.807) is 18.2 Å². The summed E-state index contributed by atoms with van der Waals surface area (Å²) in [5.74, 6) is 0.497. The number of carbonyl (C=O) groups excluding carboxylic acids is 1. The number of anilines is 2. The van der Waals surface area contributed by atoms with Crippen molar-refractivity contribution in [3.05, 3.63) is 47.3 Å². The Bertz CT molecular complexity index is 1190. The summed E-state index contributed by atoms with van der Waals surface area (Å²) in [4.78, 5) is 16.3. The lowest BCUT2D eigenvalue weighted by Gasteiger charge is -2.20. The molecule has 0 unspecified atom stereocenters. The summed E-state index contributed by atoms with van der Waals surface area (Å²) in [6.07, 6.45) is 1.11. The molecule has 4 rings (SSSR count). The monoisotopic (exact) mass is 415 g/mol. The second-order valence-corrected chi connectivity index (χ2v) is 9.11. The van der Waals surface area contributed by atoms with Gasteiger partial charge in [0.2, 0.25) is 10.0 Å². The number of carbonyl (C=O) groups is 1. The topological polar surface area (TPSA) is 97.4 Å². The van der Waals surface area contributed by atoms with E-state index >= 15 is 0 Å². The minimum absolute atomic E-state index is 0.0197. The minimum atomic E-state index is -3.35. The molecule has 2 N–H and O–H groups in total. The lowest BCUT2D eigenvalue weighted by Crippen LogP contribution is -2.25. The fourth-order valence-electron chi connectivity index (χ4n) is 3.00. The van der Waals surface area contributed by atoms with Crippen LogP contribution in [0.4, 0.5) is 11.4 Å². The number of rotatable bonds is 4. The van der Waals surface area contributed by atoms with Crippen molar-refractivity contribution in [3.63, 3.8) is 0 Å². The van der Waals surface area contributed by atoms with E-state index in [4.69, 9.17) is 4.74 Å². The maximum absolute atomic E-state index is 11.6. The molecule has 7 nitrogen and oxygen atoms in total. The fourth-order valence-corrected chi connectivity index (χ4v) is 4.38. The van der Waals surface area contributed by atoms with Gasteiger partial charge < -0.3 is 10.1 Å². The highest BCUT2D eigenvalue weighted by molar-refractivity contribution is 7.92. The van der Waals surface area contributed by atoms with E-state index in [1.165, 1.54) is 11.3 Å². The largest absolute Gasteiger partial charge is 0.481 e. The normalized spacial score (nSPS) is 13.4. The summed E-state index contributed by atoms with van der Waals surface area (Å²) in [6.45, 7) is 1.94. The molecule has 0 saturated carbocycles. The molecule has 2 heterocycles. The number of ether oxygens (including phenoxy) is 1. The van der Waals surface area contributed by atoms with Crippen LogP contribution in [0.25, 0.3) is 21.8 Å². The predicted octanol–water partition coefficient (Wildman–Crippen LogP) is 3.49. The molecular weight excluding hydrogens is 398 g/mol. The molecule has 1 aliphatic rings. The number of sulfonamides is 1. The lowest BCUT2D eigenvalue weighted by atomic mass is 10.1. The van der Waals surface area contributed by atoms with Gasteiger partial charge in [0, 0.05) is 22.2 Å². The molecule has 0 radical (unpaired) electrons. The number of amides is 1. The molecule has 1 amide bonds. The molecule has 0 spiro atoms. The molecule has 1 aromatic heterocycles. The highest BCUT2D eigenvalue weighted by Gasteiger charge is 2.20. The van der Waals surface area contributed by atoms with Crippen LogP contribution in [0.1, 0.15) is 5.56 Å². The molecule has 3 aromatic rings. The van der Waals surface area contributed by atoms with E-state index in [0.29, 0.717) is 17.1 Å². The molecule has 28 heavy (non-hydrogen) atoms. The van der Waals surface area contributed by atoms with Crippen molar-refractivity contribution < 1.29 is 17.9 Å². The summed E-state index contributed by atoms with van der Waals surface area (Å²) < 4.78 is 30.9. The number of nitrogens with one attached hydrogen (secondary N) is 2. The lowest BCUT2D eigenvalue weighted by molar-refractivity contribution is -0.118. The van der Waals surface area contributed by atoms with Crippen LogP contribution in [0.2, 0.25) is 0 Å². The third-order valence-electron chi connectivity index (χ3n) is 4.11. The molecule has 2 aromatic carbocycles. The van der Waals surface area contributed by atoms with Crippen molar-refractivity contribution in [2.45, 2.75) is 6.92 Å². The Kier molecular flexibility index (Phi) is 4.56. The number of nitrogens with zero attached hydrogens (tertiary/aromatic N) is 1. The third kappa shape index (κ3) is 3.85. The number of thiazole rings is 1. The van der Waals surface area contributed by atoms with Gasteiger partial charge in [-0.3, -0.25) is 9.52 Å². The molecule has 1 aliphatic heterocycles. The summed E-state index contributed by atoms with van der Waals surface area (Å²) in [6, 6.07) is 10.9. The smallest absolute Gasteiger partial charge is 0.262 e. The maximum atomic E-state index is 11.6. The molecule has 0 atom stereocenters. The first-order valence-corrected chi connectivity index (χ1v) is 11.2. The van der Waals surface area contributed by atoms with E-state index in [1.807, 2.05) is 30.5 Å². The van der Waals surface area contributed by atoms with Gasteiger partial charge in [0.05, 0.1) is 17.6 Å². The second-order valence-electron chi connectivity index (χ2n) is 6.50. The summed E-state index contributed by atoms with van der Waals surface area (Å²) in [7, 11) is -3.35. The average Bonchev–Trinajstić information content (AvgIpc) is 3.10. The van der Waals surface area contributed by atoms with Crippen LogP contribution < -0.4 is 14.8 Å². The minimum Gasteiger partial charge on any atom is -0.481 e. The van der Waals surface area contributed by atoms with Crippen LogP contribution in [0.3, 0.4) is 0 Å². The second kappa shape index (κ2) is 6.92. The number of hydrogen-bond donors (Lipinski definition) is 2. The Balaban J connectivity index is 1.67. The van der Waals surface area contributed by atoms with Gasteiger partial charge in [-0.25, -0.2) is 13.4 Å². The van der Waals surface area contributed by atoms with Crippen LogP contribution >= 0.6 is 11.3 Å². The number of aromatic nitrogens is 1. The van der Waals surface area contributed by atoms with Crippen LogP contribution in [-0.4, -0.2) is 32.2 Å². The first kappa shape index (κ1) is 18.5. The van der Waals surface area contributed by atoms with Gasteiger partial charge >= 0.3 is 0 Å². The highest BCUT2D eigenvalue weighted by atomic mass is 32.2. The maximum Gasteiger partial charge on any atom is 0.262 e. The molecule has 0 saturated heterocycles. The van der Waals surface area contributed by atoms with Crippen LogP contribution in [0.15, 0.2) is 41.8 Å². The first-order valence-electron chi connectivity index (χ1n) is 8.40. The van der Waals surface area contributed by atoms with Crippen molar-refractivity contribution in [2.75, 3.05) is 22.9 Å². The van der Waals surface area contributed by atoms with E-state index in [0.717, 1.165) is 33.6 Å². The van der Waals surface area contributed by atoms with E-state index < -0.39 is 10.0 Å². The molecule has 0 fully saturated rings. The van der Waals surface area contributed by atoms with Crippen LogP contribution in [0, 0.1) is 6.92 Å². The van der Waals surface area contributed by atoms with E-state index in [9.17, 15) is 13.2 Å². The van der Waals surface area contributed by atoms with Gasteiger partial charge in [0.25, 0.3) is 5.91 Å². The van der Waals surface area contributed by atoms with E-state index in [-0.39, 0.29) is 12.5 Å². The van der Waals surface area contributed by atoms with Crippen molar-refractivity contribution in [1.29, 1.82) is 0 Å². The first-order chi connectivity index (χ1) is 13.3. The van der Waals surface area contributed by atoms with E-state index in [2.05, 4.69) is 15.0 Å². The Morgan fingerprint density at radius 3 is 2.82 bits per heavy atom. The third-order valence-corrected chi connectivity index (χ3v) is 5.61. The summed E-state index contributed by atoms with van der Waals surface area (Å²) in [5.41, 5.74) is 4.50. The van der Waals surface area contributed by atoms with Crippen molar-refractivity contribution in [1.82, 2.24) is 4.98 Å². The zero-order chi connectivity index (χ0) is 19.9. The standard InChI is InChI=1S/C19H17N3O4S2/c1-11-6-13(8-15-18(11)26-9-17(23)20-15)16-10-27-19(21-16)12-4-3-5-14(7-12)22-28(2,24)25/h3-8,10,22H,9H2,1-2H3,(H,20,23). The summed E-state index contributed by atoms with van der Waals surface area (Å²) >= 11 is 1.46. The average molecular weight is 415 g/mol. The molecule has 0 aliphatic carbocycles. The van der Waals surface area contributed by atoms with Gasteiger partial charge in [-0.2, -0.15) is 0 Å². The van der Waals surface area contributed by atoms with Gasteiger partial charge in [-0.05, 0) is 36.8 Å². The zero-order valence-electron chi connectivity index (χ0n) is 15.1. The van der Waals surface area contributed by atoms with Crippen molar-refractivity contribution in [2.24, 2.45) is 0 Å². The number of benzene rings is 2. The highest BCUT2D eigenvalue weighted by Crippen LogP contribution is 2.37. The number of aryl methyl sites for hydroxylation is 1. The number of hydrogen-bond acceptors (Lipinski definition) is 6. The molecule has 0 bridgehead atoms. The van der Waals surface area contributed by atoms with Gasteiger partial charge in [0.15, 0.2) is 6.61 Å². The Morgan fingerprint density at radius 1 is 1.21 bits per heavy atom. The Morgan fingerprint density at radius 2 is 2.04 bits per heavy atom. The predicted molar refractivity (Wildman–Crippen MR) is 110 cm³/mol. The number of fused-ring (bicyclic) bond motifs is 1. The Labute approximate surface area is 166 Å². The van der Waals surface area contributed by atoms with Crippen molar-refractivity contribution >= 4 is 38.6 Å². The SMILES string of the molecule is Cc1cc(-c2csc(-c3cccc(NS(C)(=O)=O)c3)n2)cc2c1OCC(=O)N2. The molecule has 144 valence electrons.